The summed E-state index contributed by atoms with van der Waals surface area (Å²) >= 11 is 0. The van der Waals surface area contributed by atoms with E-state index in [1.165, 1.54) is 6.92 Å². The van der Waals surface area contributed by atoms with Gasteiger partial charge < -0.3 is 10.2 Å². The number of nitrogens with zero attached hydrogens (tertiary/aromatic N) is 1. The highest BCUT2D eigenvalue weighted by Crippen LogP contribution is 2.21. The molecule has 3 nitrogen and oxygen atoms in total. The number of hydrogen-bond donors (Lipinski definition) is 2. The fraction of sp³-hybridized carbons (Fsp3) is 1.00. The molecule has 0 saturated carbocycles. The molecule has 0 spiro atoms. The molecule has 0 heterocycles. The van der Waals surface area contributed by atoms with Crippen LogP contribution in [-0.2, 0) is 0 Å². The highest BCUT2D eigenvalue weighted by Gasteiger charge is 2.34. The summed E-state index contributed by atoms with van der Waals surface area (Å²) < 4.78 is 36.6. The summed E-state index contributed by atoms with van der Waals surface area (Å²) in [6, 6.07) is 0. The van der Waals surface area contributed by atoms with Crippen molar-refractivity contribution in [2.75, 3.05) is 26.2 Å². The Morgan fingerprint density at radius 1 is 1.19 bits per heavy atom. The Labute approximate surface area is 93.9 Å². The van der Waals surface area contributed by atoms with Crippen LogP contribution in [0.3, 0.4) is 0 Å². The monoisotopic (exact) mass is 243 g/mol. The third-order valence-corrected chi connectivity index (χ3v) is 2.61. The van der Waals surface area contributed by atoms with Crippen molar-refractivity contribution in [2.45, 2.75) is 32.5 Å². The first-order valence-electron chi connectivity index (χ1n) is 5.21. The molecule has 6 heteroatoms. The number of alkyl halides is 3. The summed E-state index contributed by atoms with van der Waals surface area (Å²) in [6.45, 7) is 3.31. The van der Waals surface area contributed by atoms with Gasteiger partial charge in [-0.15, -0.1) is 0 Å². The van der Waals surface area contributed by atoms with Crippen LogP contribution < -0.4 is 0 Å². The Kier molecular flexibility index (Phi) is 5.72. The Morgan fingerprint density at radius 3 is 2.00 bits per heavy atom. The van der Waals surface area contributed by atoms with Crippen molar-refractivity contribution in [1.82, 2.24) is 4.90 Å². The van der Waals surface area contributed by atoms with Gasteiger partial charge in [0.05, 0.1) is 18.8 Å². The zero-order valence-corrected chi connectivity index (χ0v) is 9.88. The lowest BCUT2D eigenvalue weighted by atomic mass is 9.92. The average Bonchev–Trinajstić information content (AvgIpc) is 1.99. The molecule has 0 fully saturated rings. The van der Waals surface area contributed by atoms with Gasteiger partial charge in [-0.25, -0.2) is 0 Å². The van der Waals surface area contributed by atoms with E-state index in [-0.39, 0.29) is 25.6 Å². The van der Waals surface area contributed by atoms with Gasteiger partial charge in [-0.1, -0.05) is 13.8 Å². The van der Waals surface area contributed by atoms with Gasteiger partial charge in [-0.3, -0.25) is 4.90 Å². The molecule has 0 aromatic rings. The molecule has 0 aliphatic heterocycles. The third kappa shape index (κ3) is 6.30. The van der Waals surface area contributed by atoms with Gasteiger partial charge in [0.1, 0.15) is 0 Å². The first-order valence-corrected chi connectivity index (χ1v) is 5.21. The highest BCUT2D eigenvalue weighted by atomic mass is 19.4. The molecular weight excluding hydrogens is 223 g/mol. The van der Waals surface area contributed by atoms with Gasteiger partial charge in [0.25, 0.3) is 0 Å². The van der Waals surface area contributed by atoms with E-state index in [0.29, 0.717) is 0 Å². The minimum Gasteiger partial charge on any atom is -0.395 e. The van der Waals surface area contributed by atoms with Crippen LogP contribution in [0.1, 0.15) is 20.8 Å². The van der Waals surface area contributed by atoms with E-state index >= 15 is 0 Å². The standard InChI is InChI=1S/C10H20F3NO2/c1-8(2)9(3,16)6-14(4-5-15)7-10(11,12)13/h8,15-16H,4-7H2,1-3H3. The topological polar surface area (TPSA) is 43.7 Å². The van der Waals surface area contributed by atoms with E-state index in [1.54, 1.807) is 13.8 Å². The molecule has 0 bridgehead atoms. The molecule has 1 unspecified atom stereocenters. The summed E-state index contributed by atoms with van der Waals surface area (Å²) in [5, 5.41) is 18.6. The van der Waals surface area contributed by atoms with Crippen LogP contribution in [0.4, 0.5) is 13.2 Å². The Bertz CT molecular complexity index is 205. The summed E-state index contributed by atoms with van der Waals surface area (Å²) in [5.74, 6) is -0.151. The highest BCUT2D eigenvalue weighted by molar-refractivity contribution is 4.81. The first kappa shape index (κ1) is 15.7. The Morgan fingerprint density at radius 2 is 1.69 bits per heavy atom. The molecule has 0 aromatic carbocycles. The molecule has 1 atom stereocenters. The van der Waals surface area contributed by atoms with Crippen LogP contribution >= 0.6 is 0 Å². The van der Waals surface area contributed by atoms with Crippen molar-refractivity contribution >= 4 is 0 Å². The maximum absolute atomic E-state index is 12.2. The molecule has 0 aromatic heterocycles. The average molecular weight is 243 g/mol. The molecule has 0 aliphatic carbocycles. The molecule has 0 radical (unpaired) electrons. The lowest BCUT2D eigenvalue weighted by Crippen LogP contribution is -2.48. The van der Waals surface area contributed by atoms with E-state index in [0.717, 1.165) is 4.90 Å². The second-order valence-corrected chi connectivity index (χ2v) is 4.56. The fourth-order valence-corrected chi connectivity index (χ4v) is 1.24. The molecule has 16 heavy (non-hydrogen) atoms. The van der Waals surface area contributed by atoms with Gasteiger partial charge in [-0.05, 0) is 12.8 Å². The molecule has 0 saturated heterocycles. The van der Waals surface area contributed by atoms with Gasteiger partial charge in [-0.2, -0.15) is 13.2 Å². The maximum Gasteiger partial charge on any atom is 0.401 e. The molecule has 0 amide bonds. The van der Waals surface area contributed by atoms with E-state index in [2.05, 4.69) is 0 Å². The van der Waals surface area contributed by atoms with Gasteiger partial charge in [0.2, 0.25) is 0 Å². The lowest BCUT2D eigenvalue weighted by Gasteiger charge is -2.34. The molecule has 2 N–H and O–H groups in total. The fourth-order valence-electron chi connectivity index (χ4n) is 1.24. The predicted molar refractivity (Wildman–Crippen MR) is 55.0 cm³/mol. The summed E-state index contributed by atoms with van der Waals surface area (Å²) in [7, 11) is 0. The van der Waals surface area contributed by atoms with Crippen LogP contribution in [0.25, 0.3) is 0 Å². The summed E-state index contributed by atoms with van der Waals surface area (Å²) in [6.07, 6.45) is -4.32. The van der Waals surface area contributed by atoms with E-state index in [1.807, 2.05) is 0 Å². The van der Waals surface area contributed by atoms with Gasteiger partial charge in [0, 0.05) is 13.1 Å². The molecule has 0 aliphatic rings. The number of halogens is 3. The number of hydrogen-bond acceptors (Lipinski definition) is 3. The van der Waals surface area contributed by atoms with Gasteiger partial charge in [0.15, 0.2) is 0 Å². The van der Waals surface area contributed by atoms with Crippen molar-refractivity contribution in [3.63, 3.8) is 0 Å². The molecular formula is C10H20F3NO2. The molecule has 98 valence electrons. The van der Waals surface area contributed by atoms with Crippen LogP contribution in [0, 0.1) is 5.92 Å². The number of aliphatic hydroxyl groups is 2. The van der Waals surface area contributed by atoms with E-state index in [9.17, 15) is 18.3 Å². The van der Waals surface area contributed by atoms with Crippen molar-refractivity contribution in [3.8, 4) is 0 Å². The normalized spacial score (nSPS) is 16.9. The second-order valence-electron chi connectivity index (χ2n) is 4.56. The summed E-state index contributed by atoms with van der Waals surface area (Å²) in [5.41, 5.74) is -1.19. The van der Waals surface area contributed by atoms with E-state index < -0.39 is 18.3 Å². The number of aliphatic hydroxyl groups excluding tert-OH is 1. The van der Waals surface area contributed by atoms with Crippen LogP contribution in [0.2, 0.25) is 0 Å². The zero-order chi connectivity index (χ0) is 13.0. The van der Waals surface area contributed by atoms with Crippen molar-refractivity contribution in [2.24, 2.45) is 5.92 Å². The third-order valence-electron chi connectivity index (χ3n) is 2.61. The quantitative estimate of drug-likeness (QED) is 0.738. The van der Waals surface area contributed by atoms with E-state index in [4.69, 9.17) is 5.11 Å². The SMILES string of the molecule is CC(C)C(C)(O)CN(CCO)CC(F)(F)F. The maximum atomic E-state index is 12.2. The van der Waals surface area contributed by atoms with Crippen LogP contribution in [0.5, 0.6) is 0 Å². The van der Waals surface area contributed by atoms with Crippen molar-refractivity contribution in [3.05, 3.63) is 0 Å². The minimum absolute atomic E-state index is 0.0949. The van der Waals surface area contributed by atoms with Crippen molar-refractivity contribution < 1.29 is 23.4 Å². The zero-order valence-electron chi connectivity index (χ0n) is 9.88. The first-order chi connectivity index (χ1) is 7.08. The van der Waals surface area contributed by atoms with Crippen molar-refractivity contribution in [1.29, 1.82) is 0 Å². The number of rotatable bonds is 6. The predicted octanol–water partition coefficient (Wildman–Crippen LogP) is 1.25. The summed E-state index contributed by atoms with van der Waals surface area (Å²) in [4.78, 5) is 1.01. The largest absolute Gasteiger partial charge is 0.401 e. The van der Waals surface area contributed by atoms with Crippen LogP contribution in [0.15, 0.2) is 0 Å². The smallest absolute Gasteiger partial charge is 0.395 e. The van der Waals surface area contributed by atoms with Crippen LogP contribution in [-0.4, -0.2) is 53.1 Å². The second kappa shape index (κ2) is 5.84. The minimum atomic E-state index is -4.32. The molecule has 0 rings (SSSR count). The Hall–Kier alpha value is -0.330. The lowest BCUT2D eigenvalue weighted by molar-refractivity contribution is -0.154. The Balaban J connectivity index is 4.44. The van der Waals surface area contributed by atoms with Gasteiger partial charge >= 0.3 is 6.18 Å².